The van der Waals surface area contributed by atoms with E-state index in [4.69, 9.17) is 4.42 Å². The zero-order valence-corrected chi connectivity index (χ0v) is 11.5. The van der Waals surface area contributed by atoms with E-state index in [-0.39, 0.29) is 12.3 Å². The summed E-state index contributed by atoms with van der Waals surface area (Å²) in [6.45, 7) is 1.06. The number of sulfonamides is 1. The van der Waals surface area contributed by atoms with Crippen LogP contribution in [0.25, 0.3) is 0 Å². The van der Waals surface area contributed by atoms with Crippen molar-refractivity contribution in [3.63, 3.8) is 0 Å². The average molecular weight is 299 g/mol. The van der Waals surface area contributed by atoms with Gasteiger partial charge in [-0.3, -0.25) is 0 Å². The highest BCUT2D eigenvalue weighted by molar-refractivity contribution is 7.89. The maximum Gasteiger partial charge on any atom is 0.243 e. The highest BCUT2D eigenvalue weighted by Gasteiger charge is 2.29. The van der Waals surface area contributed by atoms with Crippen LogP contribution in [0.5, 0.6) is 0 Å². The van der Waals surface area contributed by atoms with Gasteiger partial charge in [-0.05, 0) is 31.2 Å². The van der Waals surface area contributed by atoms with Gasteiger partial charge in [-0.2, -0.15) is 0 Å². The quantitative estimate of drug-likeness (QED) is 0.879. The molecule has 0 bridgehead atoms. The molecule has 0 radical (unpaired) electrons. The molecule has 20 heavy (non-hydrogen) atoms. The molecule has 0 fully saturated rings. The molecule has 2 N–H and O–H groups in total. The van der Waals surface area contributed by atoms with Crippen molar-refractivity contribution in [1.82, 2.24) is 4.72 Å². The van der Waals surface area contributed by atoms with E-state index in [1.54, 1.807) is 6.07 Å². The molecule has 0 amide bonds. The fourth-order valence-electron chi connectivity index (χ4n) is 1.65. The van der Waals surface area contributed by atoms with Crippen LogP contribution < -0.4 is 4.72 Å². The van der Waals surface area contributed by atoms with E-state index in [2.05, 4.69) is 4.72 Å². The lowest BCUT2D eigenvalue weighted by Crippen LogP contribution is -2.38. The Bertz CT molecular complexity index is 680. The monoisotopic (exact) mass is 299 g/mol. The maximum absolute atomic E-state index is 13.5. The van der Waals surface area contributed by atoms with Crippen LogP contribution in [0.4, 0.5) is 4.39 Å². The molecule has 0 aliphatic carbocycles. The number of furan rings is 1. The van der Waals surface area contributed by atoms with Crippen molar-refractivity contribution in [3.8, 4) is 0 Å². The first kappa shape index (κ1) is 14.7. The zero-order valence-electron chi connectivity index (χ0n) is 10.7. The van der Waals surface area contributed by atoms with Crippen molar-refractivity contribution in [1.29, 1.82) is 0 Å². The van der Waals surface area contributed by atoms with E-state index >= 15 is 0 Å². The summed E-state index contributed by atoms with van der Waals surface area (Å²) in [5, 5.41) is 10.1. The van der Waals surface area contributed by atoms with Gasteiger partial charge in [0.05, 0.1) is 6.26 Å². The van der Waals surface area contributed by atoms with Gasteiger partial charge in [0.15, 0.2) is 0 Å². The Hall–Kier alpha value is -1.70. The first-order valence-corrected chi connectivity index (χ1v) is 7.32. The number of halogens is 1. The first-order valence-electron chi connectivity index (χ1n) is 5.83. The summed E-state index contributed by atoms with van der Waals surface area (Å²) >= 11 is 0. The summed E-state index contributed by atoms with van der Waals surface area (Å²) in [4.78, 5) is -0.463. The largest absolute Gasteiger partial charge is 0.466 e. The third-order valence-electron chi connectivity index (χ3n) is 2.78. The molecule has 1 aromatic heterocycles. The zero-order chi connectivity index (χ0) is 14.8. The fraction of sp³-hybridized carbons (Fsp3) is 0.231. The minimum absolute atomic E-state index is 0.216. The molecule has 1 unspecified atom stereocenters. The third kappa shape index (κ3) is 3.06. The molecule has 2 rings (SSSR count). The van der Waals surface area contributed by atoms with Crippen molar-refractivity contribution in [3.05, 3.63) is 54.2 Å². The molecular weight excluding hydrogens is 285 g/mol. The summed E-state index contributed by atoms with van der Waals surface area (Å²) in [6.07, 6.45) is 1.37. The smallest absolute Gasteiger partial charge is 0.243 e. The molecular formula is C13H14FNO4S. The molecule has 0 aliphatic heterocycles. The molecule has 0 saturated carbocycles. The number of rotatable bonds is 5. The summed E-state index contributed by atoms with van der Waals surface area (Å²) in [5.41, 5.74) is -1.53. The number of benzene rings is 1. The normalized spacial score (nSPS) is 14.9. The van der Waals surface area contributed by atoms with Crippen LogP contribution in [0.15, 0.2) is 52.0 Å². The number of hydrogen-bond acceptors (Lipinski definition) is 4. The Morgan fingerprint density at radius 3 is 2.60 bits per heavy atom. The van der Waals surface area contributed by atoms with Crippen LogP contribution in [-0.2, 0) is 15.6 Å². The second-order valence-corrected chi connectivity index (χ2v) is 6.24. The molecule has 108 valence electrons. The lowest BCUT2D eigenvalue weighted by molar-refractivity contribution is 0.0395. The summed E-state index contributed by atoms with van der Waals surface area (Å²) in [5.74, 6) is -0.633. The van der Waals surface area contributed by atoms with E-state index in [1.807, 2.05) is 0 Å². The molecule has 5 nitrogen and oxygen atoms in total. The van der Waals surface area contributed by atoms with Gasteiger partial charge in [0, 0.05) is 6.54 Å². The molecule has 7 heteroatoms. The minimum Gasteiger partial charge on any atom is -0.466 e. The number of hydrogen-bond donors (Lipinski definition) is 2. The standard InChI is InChI=1S/C13H14FNO4S/c1-13(16,12-7-4-8-19-12)9-15-20(17,18)11-6-3-2-5-10(11)14/h2-8,15-16H,9H2,1H3. The number of aliphatic hydroxyl groups is 1. The summed E-state index contributed by atoms with van der Waals surface area (Å²) < 4.78 is 44.6. The Morgan fingerprint density at radius 2 is 2.00 bits per heavy atom. The van der Waals surface area contributed by atoms with Crippen molar-refractivity contribution < 1.29 is 22.3 Å². The van der Waals surface area contributed by atoms with Gasteiger partial charge in [-0.1, -0.05) is 12.1 Å². The van der Waals surface area contributed by atoms with Gasteiger partial charge < -0.3 is 9.52 Å². The van der Waals surface area contributed by atoms with E-state index in [0.717, 1.165) is 12.1 Å². The predicted molar refractivity (Wildman–Crippen MR) is 69.9 cm³/mol. The third-order valence-corrected chi connectivity index (χ3v) is 4.22. The highest BCUT2D eigenvalue weighted by Crippen LogP contribution is 2.21. The predicted octanol–water partition coefficient (Wildman–Crippen LogP) is 1.60. The van der Waals surface area contributed by atoms with E-state index in [9.17, 15) is 17.9 Å². The van der Waals surface area contributed by atoms with Crippen molar-refractivity contribution in [2.75, 3.05) is 6.54 Å². The summed E-state index contributed by atoms with van der Waals surface area (Å²) in [6, 6.07) is 8.13. The molecule has 1 heterocycles. The molecule has 1 atom stereocenters. The Kier molecular flexibility index (Phi) is 3.94. The first-order chi connectivity index (χ1) is 9.33. The Morgan fingerprint density at radius 1 is 1.30 bits per heavy atom. The topological polar surface area (TPSA) is 79.5 Å². The van der Waals surface area contributed by atoms with Gasteiger partial charge >= 0.3 is 0 Å². The second kappa shape index (κ2) is 5.35. The molecule has 1 aromatic carbocycles. The van der Waals surface area contributed by atoms with Crippen LogP contribution >= 0.6 is 0 Å². The van der Waals surface area contributed by atoms with Gasteiger partial charge in [0.2, 0.25) is 10.0 Å². The number of nitrogens with one attached hydrogen (secondary N) is 1. The minimum atomic E-state index is -4.04. The maximum atomic E-state index is 13.5. The van der Waals surface area contributed by atoms with Crippen molar-refractivity contribution >= 4 is 10.0 Å². The van der Waals surface area contributed by atoms with Crippen molar-refractivity contribution in [2.24, 2.45) is 0 Å². The van der Waals surface area contributed by atoms with Crippen LogP contribution in [0, 0.1) is 5.82 Å². The molecule has 0 spiro atoms. The van der Waals surface area contributed by atoms with E-state index in [1.165, 1.54) is 31.4 Å². The van der Waals surface area contributed by atoms with Crippen LogP contribution in [-0.4, -0.2) is 20.1 Å². The molecule has 0 saturated heterocycles. The lowest BCUT2D eigenvalue weighted by atomic mass is 10.1. The van der Waals surface area contributed by atoms with E-state index < -0.39 is 26.3 Å². The lowest BCUT2D eigenvalue weighted by Gasteiger charge is -2.21. The Labute approximate surface area is 116 Å². The molecule has 2 aromatic rings. The summed E-state index contributed by atoms with van der Waals surface area (Å²) in [7, 11) is -4.04. The van der Waals surface area contributed by atoms with Crippen molar-refractivity contribution in [2.45, 2.75) is 17.4 Å². The van der Waals surface area contributed by atoms with Gasteiger partial charge in [0.1, 0.15) is 22.1 Å². The highest BCUT2D eigenvalue weighted by atomic mass is 32.2. The second-order valence-electron chi connectivity index (χ2n) is 4.51. The fourth-order valence-corrected chi connectivity index (χ4v) is 2.86. The SMILES string of the molecule is CC(O)(CNS(=O)(=O)c1ccccc1F)c1ccco1. The Balaban J connectivity index is 2.17. The van der Waals surface area contributed by atoms with Gasteiger partial charge in [-0.25, -0.2) is 17.5 Å². The van der Waals surface area contributed by atoms with Crippen LogP contribution in [0.2, 0.25) is 0 Å². The van der Waals surface area contributed by atoms with Gasteiger partial charge in [-0.15, -0.1) is 0 Å². The average Bonchev–Trinajstić information content (AvgIpc) is 2.92. The van der Waals surface area contributed by atoms with Gasteiger partial charge in [0.25, 0.3) is 0 Å². The van der Waals surface area contributed by atoms with Crippen LogP contribution in [0.3, 0.4) is 0 Å². The van der Waals surface area contributed by atoms with Crippen LogP contribution in [0.1, 0.15) is 12.7 Å². The van der Waals surface area contributed by atoms with E-state index in [0.29, 0.717) is 0 Å². The molecule has 0 aliphatic rings.